The average Bonchev–Trinajstić information content (AvgIpc) is 2.92. The maximum absolute atomic E-state index is 14.6. The number of methoxy groups -OCH3 is 1. The molecule has 0 saturated heterocycles. The largest absolute Gasteiger partial charge is 0.469 e. The number of ketones is 3. The van der Waals surface area contributed by atoms with E-state index < -0.39 is 27.1 Å². The van der Waals surface area contributed by atoms with E-state index in [2.05, 4.69) is 34.6 Å². The maximum atomic E-state index is 14.6. The summed E-state index contributed by atoms with van der Waals surface area (Å²) in [4.78, 5) is 56.5. The fraction of sp³-hybridized carbons (Fsp3) is 0.778. The molecule has 232 valence electrons. The number of esters is 1. The minimum absolute atomic E-state index is 0.0358. The lowest BCUT2D eigenvalue weighted by Crippen LogP contribution is -2.67. The fourth-order valence-electron chi connectivity index (χ4n) is 10.6. The molecule has 4 fully saturated rings. The molecule has 0 aliphatic heterocycles. The smallest absolute Gasteiger partial charge is 0.312 e. The van der Waals surface area contributed by atoms with Gasteiger partial charge in [0.1, 0.15) is 0 Å². The van der Waals surface area contributed by atoms with Gasteiger partial charge in [-0.2, -0.15) is 0 Å². The second-order valence-corrected chi connectivity index (χ2v) is 17.2. The number of fused-ring (bicyclic) bond motifs is 7. The molecule has 7 atom stereocenters. The first-order valence-electron chi connectivity index (χ1n) is 16.2. The van der Waals surface area contributed by atoms with E-state index in [-0.39, 0.29) is 46.5 Å². The number of unbranched alkanes of at least 4 members (excludes halogenated alkanes) is 1. The molecule has 0 spiro atoms. The molecule has 4 saturated carbocycles. The average molecular weight is 597 g/mol. The molecular formula is C36H52O5S. The van der Waals surface area contributed by atoms with Gasteiger partial charge in [-0.25, -0.2) is 0 Å². The summed E-state index contributed by atoms with van der Waals surface area (Å²) >= 11 is 1.56. The molecule has 0 aromatic carbocycles. The third-order valence-electron chi connectivity index (χ3n) is 13.4. The standard InChI is InChI=1S/C36H52O5S/c1-10-11-18-42-21-22-28(38)32(4,5)25-12-13-33(6)26(35(25,8)29(22)39)19-24(37)27-23-20-31(2,3)14-16-36(23,30(40)41-9)17-15-34(27,33)7/h19,21,23,25,27H,10-18,20H2,1-9H3/t23-,25-,27-,33+,34+,35-,36-/m0/s1. The van der Waals surface area contributed by atoms with Crippen molar-refractivity contribution >= 4 is 35.1 Å². The van der Waals surface area contributed by atoms with Crippen molar-refractivity contribution in [1.82, 2.24) is 0 Å². The molecule has 0 heterocycles. The van der Waals surface area contributed by atoms with Gasteiger partial charge in [0, 0.05) is 11.3 Å². The van der Waals surface area contributed by atoms with Crippen LogP contribution in [0.15, 0.2) is 22.6 Å². The van der Waals surface area contributed by atoms with Crippen LogP contribution in [0.3, 0.4) is 0 Å². The second kappa shape index (κ2) is 10.2. The van der Waals surface area contributed by atoms with Crippen LogP contribution in [0.5, 0.6) is 0 Å². The number of hydrogen-bond donors (Lipinski definition) is 0. The van der Waals surface area contributed by atoms with Crippen LogP contribution in [0.25, 0.3) is 0 Å². The normalized spacial score (nSPS) is 43.1. The van der Waals surface area contributed by atoms with Crippen LogP contribution in [0.4, 0.5) is 0 Å². The van der Waals surface area contributed by atoms with Crippen LogP contribution >= 0.6 is 11.8 Å². The first-order chi connectivity index (χ1) is 19.5. The third-order valence-corrected chi connectivity index (χ3v) is 14.3. The third kappa shape index (κ3) is 4.08. The zero-order valence-electron chi connectivity index (χ0n) is 27.4. The first kappa shape index (κ1) is 31.7. The van der Waals surface area contributed by atoms with Crippen molar-refractivity contribution in [2.75, 3.05) is 12.9 Å². The number of ether oxygens (including phenoxy) is 1. The van der Waals surface area contributed by atoms with Crippen molar-refractivity contribution in [1.29, 1.82) is 0 Å². The highest BCUT2D eigenvalue weighted by atomic mass is 32.2. The number of thioether (sulfide) groups is 1. The molecule has 5 aliphatic rings. The molecule has 5 nitrogen and oxygen atoms in total. The molecule has 5 aliphatic carbocycles. The van der Waals surface area contributed by atoms with Crippen LogP contribution in [0.2, 0.25) is 0 Å². The van der Waals surface area contributed by atoms with Crippen molar-refractivity contribution in [3.8, 4) is 0 Å². The van der Waals surface area contributed by atoms with Crippen molar-refractivity contribution in [3.05, 3.63) is 22.6 Å². The highest BCUT2D eigenvalue weighted by Crippen LogP contribution is 2.74. The Labute approximate surface area is 257 Å². The van der Waals surface area contributed by atoms with Crippen LogP contribution in [-0.4, -0.2) is 36.2 Å². The Bertz CT molecular complexity index is 1270. The van der Waals surface area contributed by atoms with Gasteiger partial charge in [-0.05, 0) is 109 Å². The van der Waals surface area contributed by atoms with Crippen molar-refractivity contribution in [2.24, 2.45) is 50.2 Å². The van der Waals surface area contributed by atoms with E-state index in [9.17, 15) is 19.2 Å². The Morgan fingerprint density at radius 2 is 1.64 bits per heavy atom. The van der Waals surface area contributed by atoms with Crippen LogP contribution in [0.1, 0.15) is 113 Å². The molecule has 0 amide bonds. The molecule has 6 heteroatoms. The van der Waals surface area contributed by atoms with Crippen molar-refractivity contribution in [2.45, 2.75) is 113 Å². The monoisotopic (exact) mass is 596 g/mol. The van der Waals surface area contributed by atoms with Crippen LogP contribution in [-0.2, 0) is 23.9 Å². The van der Waals surface area contributed by atoms with E-state index in [0.29, 0.717) is 12.0 Å². The molecule has 0 aromatic rings. The van der Waals surface area contributed by atoms with E-state index in [1.807, 2.05) is 32.3 Å². The Balaban J connectivity index is 1.65. The molecular weight excluding hydrogens is 544 g/mol. The van der Waals surface area contributed by atoms with Crippen LogP contribution in [0, 0.1) is 50.2 Å². The Kier molecular flexibility index (Phi) is 7.68. The summed E-state index contributed by atoms with van der Waals surface area (Å²) in [5.41, 5.74) is -1.77. The minimum atomic E-state index is -0.923. The number of Topliss-reactive ketones (excluding diaryl/α,β-unsaturated/α-hetero) is 2. The van der Waals surface area contributed by atoms with Gasteiger partial charge >= 0.3 is 5.97 Å². The fourth-order valence-corrected chi connectivity index (χ4v) is 11.6. The highest BCUT2D eigenvalue weighted by Gasteiger charge is 2.72. The van der Waals surface area contributed by atoms with E-state index in [1.54, 1.807) is 11.8 Å². The number of hydrogen-bond acceptors (Lipinski definition) is 6. The SMILES string of the molecule is CCCCSC=C1C(=O)C(C)(C)[C@@H]2CC[C@]3(C)C(=CC(=O)[C@@H]4[C@@H]5CC(C)(C)CC[C@]5(C(=O)OC)CC[C@]43C)[C@@]2(C)C1=O. The summed E-state index contributed by atoms with van der Waals surface area (Å²) in [5.74, 6) is 0.0587. The van der Waals surface area contributed by atoms with E-state index >= 15 is 0 Å². The van der Waals surface area contributed by atoms with E-state index in [4.69, 9.17) is 4.74 Å². The zero-order chi connectivity index (χ0) is 31.1. The summed E-state index contributed by atoms with van der Waals surface area (Å²) < 4.78 is 5.44. The number of carbonyl (C=O) groups excluding carboxylic acids is 4. The molecule has 0 bridgehead atoms. The van der Waals surface area contributed by atoms with Crippen LogP contribution < -0.4 is 0 Å². The van der Waals surface area contributed by atoms with Crippen molar-refractivity contribution in [3.63, 3.8) is 0 Å². The predicted octanol–water partition coefficient (Wildman–Crippen LogP) is 7.92. The lowest BCUT2D eigenvalue weighted by atomic mass is 9.33. The second-order valence-electron chi connectivity index (χ2n) is 16.2. The van der Waals surface area contributed by atoms with Gasteiger partial charge in [-0.3, -0.25) is 19.2 Å². The number of rotatable bonds is 5. The molecule has 5 rings (SSSR count). The number of allylic oxidation sites excluding steroid dienone is 3. The summed E-state index contributed by atoms with van der Waals surface area (Å²) in [6.07, 6.45) is 9.48. The Morgan fingerprint density at radius 3 is 2.29 bits per heavy atom. The van der Waals surface area contributed by atoms with E-state index in [0.717, 1.165) is 62.7 Å². The van der Waals surface area contributed by atoms with Gasteiger partial charge in [0.05, 0.1) is 23.5 Å². The topological polar surface area (TPSA) is 77.5 Å². The molecule has 42 heavy (non-hydrogen) atoms. The summed E-state index contributed by atoms with van der Waals surface area (Å²) in [6.45, 7) is 17.3. The Morgan fingerprint density at radius 1 is 0.976 bits per heavy atom. The Hall–Kier alpha value is -1.69. The lowest BCUT2D eigenvalue weighted by molar-refractivity contribution is -0.192. The van der Waals surface area contributed by atoms with Crippen molar-refractivity contribution < 1.29 is 23.9 Å². The molecule has 0 N–H and O–H groups in total. The lowest BCUT2D eigenvalue weighted by Gasteiger charge is -2.68. The summed E-state index contributed by atoms with van der Waals surface area (Å²) in [6, 6.07) is 0. The highest BCUT2D eigenvalue weighted by molar-refractivity contribution is 8.02. The van der Waals surface area contributed by atoms with Gasteiger partial charge < -0.3 is 4.74 Å². The predicted molar refractivity (Wildman–Crippen MR) is 168 cm³/mol. The number of carbonyl (C=O) groups is 4. The minimum Gasteiger partial charge on any atom is -0.469 e. The molecule has 0 radical (unpaired) electrons. The van der Waals surface area contributed by atoms with Gasteiger partial charge in [0.2, 0.25) is 0 Å². The summed E-state index contributed by atoms with van der Waals surface area (Å²) in [7, 11) is 1.48. The summed E-state index contributed by atoms with van der Waals surface area (Å²) in [5, 5.41) is 1.82. The first-order valence-corrected chi connectivity index (χ1v) is 17.3. The quantitative estimate of drug-likeness (QED) is 0.139. The zero-order valence-corrected chi connectivity index (χ0v) is 28.2. The van der Waals surface area contributed by atoms with Gasteiger partial charge in [0.15, 0.2) is 17.3 Å². The van der Waals surface area contributed by atoms with E-state index in [1.165, 1.54) is 7.11 Å². The maximum Gasteiger partial charge on any atom is 0.312 e. The molecule has 0 aromatic heterocycles. The van der Waals surface area contributed by atoms with Gasteiger partial charge in [-0.1, -0.05) is 54.9 Å². The van der Waals surface area contributed by atoms with Gasteiger partial charge in [-0.15, -0.1) is 11.8 Å². The van der Waals surface area contributed by atoms with Gasteiger partial charge in [0.25, 0.3) is 0 Å². The molecule has 0 unspecified atom stereocenters.